The van der Waals surface area contributed by atoms with E-state index in [0.29, 0.717) is 5.56 Å². The zero-order valence-electron chi connectivity index (χ0n) is 17.0. The lowest BCUT2D eigenvalue weighted by molar-refractivity contribution is -0.0760. The molecule has 2 aliphatic carbocycles. The molecule has 1 aromatic carbocycles. The molecule has 4 nitrogen and oxygen atoms in total. The van der Waals surface area contributed by atoms with Gasteiger partial charge in [0, 0.05) is 16.6 Å². The van der Waals surface area contributed by atoms with Gasteiger partial charge in [0.05, 0.1) is 5.56 Å². The molecule has 2 N–H and O–H groups in total. The topological polar surface area (TPSA) is 50.4 Å². The Labute approximate surface area is 167 Å². The Morgan fingerprint density at radius 3 is 1.93 bits per heavy atom. The Morgan fingerprint density at radius 2 is 1.43 bits per heavy atom. The van der Waals surface area contributed by atoms with E-state index < -0.39 is 5.85 Å². The second-order valence-electron chi connectivity index (χ2n) is 8.67. The highest BCUT2D eigenvalue weighted by Gasteiger charge is 2.51. The van der Waals surface area contributed by atoms with Crippen molar-refractivity contribution in [2.24, 2.45) is 0 Å². The summed E-state index contributed by atoms with van der Waals surface area (Å²) in [6.07, 6.45) is 14.6. The molecule has 0 bridgehead atoms. The van der Waals surface area contributed by atoms with Gasteiger partial charge in [0.2, 0.25) is 0 Å². The van der Waals surface area contributed by atoms with Crippen molar-refractivity contribution in [3.05, 3.63) is 83.0 Å². The van der Waals surface area contributed by atoms with E-state index in [9.17, 15) is 4.79 Å². The molecule has 0 aromatic heterocycles. The van der Waals surface area contributed by atoms with Gasteiger partial charge in [-0.25, -0.2) is 4.79 Å². The maximum Gasteiger partial charge on any atom is 0.341 e. The molecular formula is C24H28N2O2. The summed E-state index contributed by atoms with van der Waals surface area (Å²) in [4.78, 5) is 12.7. The number of carbonyl (C=O) groups is 1. The molecule has 4 heteroatoms. The van der Waals surface area contributed by atoms with Crippen molar-refractivity contribution < 1.29 is 9.53 Å². The van der Waals surface area contributed by atoms with Crippen LogP contribution in [0.25, 0.3) is 0 Å². The minimum absolute atomic E-state index is 0.305. The molecule has 146 valence electrons. The Balaban J connectivity index is 1.74. The molecule has 4 rings (SSSR count). The second-order valence-corrected chi connectivity index (χ2v) is 8.67. The standard InChI is InChI=1S/C24H28N2O2/c1-17-9-13-22(3,14-10-17)25-24(26-23(4)15-11-18(2)12-16-23)20-8-6-5-7-19(20)21(27)28-24/h5-13,15,25-26H,14,16H2,1-4H3. The Bertz CT molecular complexity index is 896. The van der Waals surface area contributed by atoms with Crippen LogP contribution in [0.3, 0.4) is 0 Å². The van der Waals surface area contributed by atoms with Gasteiger partial charge in [0.1, 0.15) is 0 Å². The third-order valence-electron chi connectivity index (χ3n) is 5.82. The zero-order valence-corrected chi connectivity index (χ0v) is 17.0. The van der Waals surface area contributed by atoms with E-state index in [-0.39, 0.29) is 17.0 Å². The van der Waals surface area contributed by atoms with Crippen LogP contribution in [0.15, 0.2) is 71.9 Å². The average molecular weight is 377 g/mol. The van der Waals surface area contributed by atoms with Crippen molar-refractivity contribution >= 4 is 5.97 Å². The Hall–Kier alpha value is -2.43. The molecule has 1 aromatic rings. The first-order valence-corrected chi connectivity index (χ1v) is 9.86. The molecule has 0 radical (unpaired) electrons. The van der Waals surface area contributed by atoms with E-state index >= 15 is 0 Å². The van der Waals surface area contributed by atoms with Crippen LogP contribution in [-0.4, -0.2) is 17.0 Å². The molecular weight excluding hydrogens is 348 g/mol. The van der Waals surface area contributed by atoms with E-state index in [4.69, 9.17) is 4.74 Å². The number of fused-ring (bicyclic) bond motifs is 1. The number of rotatable bonds is 4. The van der Waals surface area contributed by atoms with Crippen molar-refractivity contribution in [2.45, 2.75) is 57.5 Å². The summed E-state index contributed by atoms with van der Waals surface area (Å²) in [7, 11) is 0. The van der Waals surface area contributed by atoms with E-state index in [1.54, 1.807) is 0 Å². The largest absolute Gasteiger partial charge is 0.422 e. The second kappa shape index (κ2) is 6.57. The lowest BCUT2D eigenvalue weighted by Crippen LogP contribution is -2.66. The normalized spacial score (nSPS) is 33.9. The summed E-state index contributed by atoms with van der Waals surface area (Å²) in [5.41, 5.74) is 3.24. The fourth-order valence-electron chi connectivity index (χ4n) is 4.07. The van der Waals surface area contributed by atoms with Gasteiger partial charge in [-0.1, -0.05) is 65.8 Å². The molecule has 2 unspecified atom stereocenters. The van der Waals surface area contributed by atoms with Crippen molar-refractivity contribution in [3.63, 3.8) is 0 Å². The summed E-state index contributed by atoms with van der Waals surface area (Å²) >= 11 is 0. The quantitative estimate of drug-likeness (QED) is 0.601. The van der Waals surface area contributed by atoms with Crippen LogP contribution >= 0.6 is 0 Å². The van der Waals surface area contributed by atoms with Gasteiger partial charge in [-0.05, 0) is 46.6 Å². The van der Waals surface area contributed by atoms with E-state index in [1.807, 2.05) is 24.3 Å². The van der Waals surface area contributed by atoms with Crippen molar-refractivity contribution in [3.8, 4) is 0 Å². The number of esters is 1. The number of cyclic esters (lactones) is 1. The van der Waals surface area contributed by atoms with Crippen LogP contribution in [0.1, 0.15) is 56.5 Å². The average Bonchev–Trinajstić information content (AvgIpc) is 2.92. The predicted molar refractivity (Wildman–Crippen MR) is 112 cm³/mol. The lowest BCUT2D eigenvalue weighted by Gasteiger charge is -2.45. The molecule has 28 heavy (non-hydrogen) atoms. The third-order valence-corrected chi connectivity index (χ3v) is 5.82. The molecule has 0 saturated heterocycles. The van der Waals surface area contributed by atoms with Crippen LogP contribution in [0.4, 0.5) is 0 Å². The van der Waals surface area contributed by atoms with Crippen LogP contribution in [0, 0.1) is 0 Å². The van der Waals surface area contributed by atoms with Crippen LogP contribution < -0.4 is 10.6 Å². The number of hydrogen-bond donors (Lipinski definition) is 2. The van der Waals surface area contributed by atoms with Crippen molar-refractivity contribution in [2.75, 3.05) is 0 Å². The Morgan fingerprint density at radius 1 is 0.893 bits per heavy atom. The lowest BCUT2D eigenvalue weighted by atomic mass is 9.87. The highest BCUT2D eigenvalue weighted by molar-refractivity contribution is 5.94. The maximum absolute atomic E-state index is 12.7. The molecule has 2 atom stereocenters. The van der Waals surface area contributed by atoms with Gasteiger partial charge in [-0.3, -0.25) is 10.6 Å². The first-order valence-electron chi connectivity index (χ1n) is 9.86. The van der Waals surface area contributed by atoms with E-state index in [0.717, 1.165) is 18.4 Å². The summed E-state index contributed by atoms with van der Waals surface area (Å²) in [6, 6.07) is 7.62. The maximum atomic E-state index is 12.7. The summed E-state index contributed by atoms with van der Waals surface area (Å²) in [6.45, 7) is 8.45. The van der Waals surface area contributed by atoms with Crippen molar-refractivity contribution in [1.82, 2.24) is 10.6 Å². The van der Waals surface area contributed by atoms with Gasteiger partial charge < -0.3 is 4.74 Å². The summed E-state index contributed by atoms with van der Waals surface area (Å²) in [5.74, 6) is -1.40. The Kier molecular flexibility index (Phi) is 4.44. The van der Waals surface area contributed by atoms with E-state index in [2.05, 4.69) is 74.8 Å². The predicted octanol–water partition coefficient (Wildman–Crippen LogP) is 4.48. The van der Waals surface area contributed by atoms with Gasteiger partial charge in [-0.2, -0.15) is 0 Å². The zero-order chi connectivity index (χ0) is 20.0. The number of carbonyl (C=O) groups excluding carboxylic acids is 1. The SMILES string of the molecule is CC1=CCC(C)(NC2(NC3(C)C=CC(C)=CC3)OC(=O)c3ccccc32)C=C1. The first-order chi connectivity index (χ1) is 13.2. The molecule has 1 heterocycles. The van der Waals surface area contributed by atoms with Crippen LogP contribution in [-0.2, 0) is 10.6 Å². The minimum Gasteiger partial charge on any atom is -0.422 e. The fraction of sp³-hybridized carbons (Fsp3) is 0.375. The van der Waals surface area contributed by atoms with Crippen LogP contribution in [0.5, 0.6) is 0 Å². The first kappa shape index (κ1) is 18.9. The monoisotopic (exact) mass is 376 g/mol. The highest BCUT2D eigenvalue weighted by Crippen LogP contribution is 2.38. The summed E-state index contributed by atoms with van der Waals surface area (Å²) < 4.78 is 6.04. The van der Waals surface area contributed by atoms with Crippen molar-refractivity contribution in [1.29, 1.82) is 0 Å². The molecule has 0 spiro atoms. The van der Waals surface area contributed by atoms with Crippen LogP contribution in [0.2, 0.25) is 0 Å². The molecule has 0 fully saturated rings. The van der Waals surface area contributed by atoms with Gasteiger partial charge in [0.25, 0.3) is 5.85 Å². The highest BCUT2D eigenvalue weighted by atomic mass is 16.6. The molecule has 0 amide bonds. The van der Waals surface area contributed by atoms with Gasteiger partial charge in [0.15, 0.2) is 0 Å². The minimum atomic E-state index is -1.09. The number of benzene rings is 1. The van der Waals surface area contributed by atoms with Gasteiger partial charge >= 0.3 is 5.97 Å². The summed E-state index contributed by atoms with van der Waals surface area (Å²) in [5, 5.41) is 7.32. The fourth-order valence-corrected chi connectivity index (χ4v) is 4.07. The molecule has 1 aliphatic heterocycles. The number of nitrogens with one attached hydrogen (secondary N) is 2. The molecule has 3 aliphatic rings. The number of allylic oxidation sites excluding steroid dienone is 4. The number of hydrogen-bond acceptors (Lipinski definition) is 4. The smallest absolute Gasteiger partial charge is 0.341 e. The van der Waals surface area contributed by atoms with E-state index in [1.165, 1.54) is 11.1 Å². The third kappa shape index (κ3) is 3.38. The van der Waals surface area contributed by atoms with Gasteiger partial charge in [-0.15, -0.1) is 0 Å². The number of ether oxygens (including phenoxy) is 1. The molecule has 0 saturated carbocycles.